The van der Waals surface area contributed by atoms with E-state index in [1.807, 2.05) is 0 Å². The summed E-state index contributed by atoms with van der Waals surface area (Å²) in [5.74, 6) is 0. The minimum atomic E-state index is -0.204. The molecule has 2 rings (SSSR count). The van der Waals surface area contributed by atoms with Crippen molar-refractivity contribution in [3.05, 3.63) is 29.3 Å². The number of halogens is 1. The Balaban J connectivity index is 1.65. The minimum absolute atomic E-state index is 0.204. The Morgan fingerprint density at radius 1 is 1.35 bits per heavy atom. The van der Waals surface area contributed by atoms with Crippen LogP contribution in [-0.4, -0.2) is 25.2 Å². The van der Waals surface area contributed by atoms with Crippen molar-refractivity contribution >= 4 is 23.3 Å². The van der Waals surface area contributed by atoms with Gasteiger partial charge in [0.25, 0.3) is 0 Å². The lowest BCUT2D eigenvalue weighted by atomic mass is 10.3. The molecule has 0 unspecified atom stereocenters. The number of hydrogen-bond donors (Lipinski definition) is 3. The van der Waals surface area contributed by atoms with Crippen LogP contribution in [-0.2, 0) is 0 Å². The van der Waals surface area contributed by atoms with Crippen molar-refractivity contribution < 1.29 is 4.79 Å². The maximum Gasteiger partial charge on any atom is 0.319 e. The highest BCUT2D eigenvalue weighted by Crippen LogP contribution is 2.17. The largest absolute Gasteiger partial charge is 0.337 e. The molecule has 5 heteroatoms. The third-order valence-corrected chi connectivity index (χ3v) is 2.74. The molecule has 1 aromatic carbocycles. The van der Waals surface area contributed by atoms with Gasteiger partial charge in [-0.15, -0.1) is 0 Å². The zero-order chi connectivity index (χ0) is 12.1. The first-order valence-corrected chi connectivity index (χ1v) is 6.15. The average molecular weight is 254 g/mol. The van der Waals surface area contributed by atoms with E-state index in [0.717, 1.165) is 6.54 Å². The van der Waals surface area contributed by atoms with E-state index in [1.54, 1.807) is 24.3 Å². The van der Waals surface area contributed by atoms with Gasteiger partial charge in [-0.2, -0.15) is 0 Å². The molecule has 0 aromatic heterocycles. The van der Waals surface area contributed by atoms with Gasteiger partial charge >= 0.3 is 6.03 Å². The molecule has 1 fully saturated rings. The molecule has 0 bridgehead atoms. The van der Waals surface area contributed by atoms with E-state index in [4.69, 9.17) is 11.6 Å². The molecule has 2 amide bonds. The first-order chi connectivity index (χ1) is 8.24. The van der Waals surface area contributed by atoms with Gasteiger partial charge in [-0.05, 0) is 31.0 Å². The predicted octanol–water partition coefficient (Wildman–Crippen LogP) is 2.21. The summed E-state index contributed by atoms with van der Waals surface area (Å²) in [5.41, 5.74) is 0.699. The lowest BCUT2D eigenvalue weighted by Crippen LogP contribution is -2.35. The number of hydrogen-bond acceptors (Lipinski definition) is 2. The lowest BCUT2D eigenvalue weighted by molar-refractivity contribution is 0.252. The standard InChI is InChI=1S/C12H16ClN3O/c13-9-2-1-3-11(8-9)16-12(17)15-7-6-14-10-4-5-10/h1-3,8,10,14H,4-7H2,(H2,15,16,17). The second kappa shape index (κ2) is 5.89. The normalized spacial score (nSPS) is 14.4. The lowest BCUT2D eigenvalue weighted by Gasteiger charge is -2.08. The molecule has 0 atom stereocenters. The maximum absolute atomic E-state index is 11.5. The SMILES string of the molecule is O=C(NCCNC1CC1)Nc1cccc(Cl)c1. The van der Waals surface area contributed by atoms with Gasteiger partial charge in [0.05, 0.1) is 0 Å². The third-order valence-electron chi connectivity index (χ3n) is 2.50. The van der Waals surface area contributed by atoms with Gasteiger partial charge in [0, 0.05) is 29.8 Å². The summed E-state index contributed by atoms with van der Waals surface area (Å²) in [7, 11) is 0. The molecule has 17 heavy (non-hydrogen) atoms. The third kappa shape index (κ3) is 4.63. The fourth-order valence-electron chi connectivity index (χ4n) is 1.48. The molecule has 3 N–H and O–H groups in total. The van der Waals surface area contributed by atoms with Gasteiger partial charge in [0.15, 0.2) is 0 Å². The Kier molecular flexibility index (Phi) is 4.23. The summed E-state index contributed by atoms with van der Waals surface area (Å²) >= 11 is 5.82. The van der Waals surface area contributed by atoms with Crippen LogP contribution in [0.2, 0.25) is 5.02 Å². The minimum Gasteiger partial charge on any atom is -0.337 e. The van der Waals surface area contributed by atoms with Crippen molar-refractivity contribution in [1.82, 2.24) is 10.6 Å². The van der Waals surface area contributed by atoms with Crippen LogP contribution in [0.15, 0.2) is 24.3 Å². The van der Waals surface area contributed by atoms with Crippen LogP contribution >= 0.6 is 11.6 Å². The summed E-state index contributed by atoms with van der Waals surface area (Å²) in [6.07, 6.45) is 2.52. The number of benzene rings is 1. The van der Waals surface area contributed by atoms with Crippen LogP contribution in [0.3, 0.4) is 0 Å². The Hall–Kier alpha value is -1.26. The highest BCUT2D eigenvalue weighted by atomic mass is 35.5. The summed E-state index contributed by atoms with van der Waals surface area (Å²) in [5, 5.41) is 9.43. The van der Waals surface area contributed by atoms with Gasteiger partial charge < -0.3 is 16.0 Å². The molecule has 0 radical (unpaired) electrons. The predicted molar refractivity (Wildman–Crippen MR) is 69.5 cm³/mol. The van der Waals surface area contributed by atoms with Crippen molar-refractivity contribution in [3.63, 3.8) is 0 Å². The highest BCUT2D eigenvalue weighted by Gasteiger charge is 2.19. The van der Waals surface area contributed by atoms with E-state index in [2.05, 4.69) is 16.0 Å². The molecule has 0 heterocycles. The average Bonchev–Trinajstić information content (AvgIpc) is 3.08. The summed E-state index contributed by atoms with van der Waals surface area (Å²) in [4.78, 5) is 11.5. The van der Waals surface area contributed by atoms with E-state index in [1.165, 1.54) is 12.8 Å². The van der Waals surface area contributed by atoms with Crippen LogP contribution in [0, 0.1) is 0 Å². The number of rotatable bonds is 5. The van der Waals surface area contributed by atoms with Crippen LogP contribution in [0.5, 0.6) is 0 Å². The van der Waals surface area contributed by atoms with Gasteiger partial charge in [-0.25, -0.2) is 4.79 Å². The Morgan fingerprint density at radius 2 is 2.18 bits per heavy atom. The Morgan fingerprint density at radius 3 is 2.88 bits per heavy atom. The first kappa shape index (κ1) is 12.2. The fraction of sp³-hybridized carbons (Fsp3) is 0.417. The molecule has 92 valence electrons. The van der Waals surface area contributed by atoms with Gasteiger partial charge in [0.1, 0.15) is 0 Å². The van der Waals surface area contributed by atoms with Crippen molar-refractivity contribution in [3.8, 4) is 0 Å². The van der Waals surface area contributed by atoms with Gasteiger partial charge in [-0.3, -0.25) is 0 Å². The fourth-order valence-corrected chi connectivity index (χ4v) is 1.67. The van der Waals surface area contributed by atoms with E-state index in [0.29, 0.717) is 23.3 Å². The van der Waals surface area contributed by atoms with Crippen LogP contribution < -0.4 is 16.0 Å². The molecular weight excluding hydrogens is 238 g/mol. The number of carbonyl (C=O) groups excluding carboxylic acids is 1. The summed E-state index contributed by atoms with van der Waals surface area (Å²) in [6, 6.07) is 7.55. The molecule has 1 aromatic rings. The monoisotopic (exact) mass is 253 g/mol. The number of amides is 2. The molecule has 1 aliphatic rings. The van der Waals surface area contributed by atoms with E-state index < -0.39 is 0 Å². The van der Waals surface area contributed by atoms with Gasteiger partial charge in [-0.1, -0.05) is 17.7 Å². The van der Waals surface area contributed by atoms with E-state index in [-0.39, 0.29) is 6.03 Å². The van der Waals surface area contributed by atoms with Crippen molar-refractivity contribution in [1.29, 1.82) is 0 Å². The van der Waals surface area contributed by atoms with Crippen molar-refractivity contribution in [2.75, 3.05) is 18.4 Å². The van der Waals surface area contributed by atoms with E-state index in [9.17, 15) is 4.79 Å². The van der Waals surface area contributed by atoms with Gasteiger partial charge in [0.2, 0.25) is 0 Å². The smallest absolute Gasteiger partial charge is 0.319 e. The highest BCUT2D eigenvalue weighted by molar-refractivity contribution is 6.30. The number of nitrogens with one attached hydrogen (secondary N) is 3. The summed E-state index contributed by atoms with van der Waals surface area (Å²) in [6.45, 7) is 1.44. The zero-order valence-electron chi connectivity index (χ0n) is 9.50. The summed E-state index contributed by atoms with van der Waals surface area (Å²) < 4.78 is 0. The second-order valence-electron chi connectivity index (χ2n) is 4.12. The van der Waals surface area contributed by atoms with Crippen LogP contribution in [0.1, 0.15) is 12.8 Å². The Labute approximate surface area is 106 Å². The van der Waals surface area contributed by atoms with E-state index >= 15 is 0 Å². The second-order valence-corrected chi connectivity index (χ2v) is 4.56. The number of urea groups is 1. The van der Waals surface area contributed by atoms with Crippen molar-refractivity contribution in [2.45, 2.75) is 18.9 Å². The Bertz CT molecular complexity index is 393. The van der Waals surface area contributed by atoms with Crippen LogP contribution in [0.4, 0.5) is 10.5 Å². The molecule has 0 spiro atoms. The quantitative estimate of drug-likeness (QED) is 0.705. The first-order valence-electron chi connectivity index (χ1n) is 5.78. The number of carbonyl (C=O) groups is 1. The molecule has 0 saturated heterocycles. The molecule has 1 saturated carbocycles. The molecule has 1 aliphatic carbocycles. The van der Waals surface area contributed by atoms with Crippen molar-refractivity contribution in [2.24, 2.45) is 0 Å². The molecule has 4 nitrogen and oxygen atoms in total. The molecular formula is C12H16ClN3O. The topological polar surface area (TPSA) is 53.2 Å². The zero-order valence-corrected chi connectivity index (χ0v) is 10.3. The number of anilines is 1. The van der Waals surface area contributed by atoms with Crippen LogP contribution in [0.25, 0.3) is 0 Å². The maximum atomic E-state index is 11.5. The molecule has 0 aliphatic heterocycles.